The number of nitrogens with zero attached hydrogens (tertiary/aromatic N) is 4. The lowest BCUT2D eigenvalue weighted by atomic mass is 10.1. The summed E-state index contributed by atoms with van der Waals surface area (Å²) in [4.78, 5) is 9.63. The lowest BCUT2D eigenvalue weighted by Gasteiger charge is -2.34. The summed E-state index contributed by atoms with van der Waals surface area (Å²) >= 11 is 8.02. The van der Waals surface area contributed by atoms with Crippen molar-refractivity contribution in [3.8, 4) is 6.07 Å². The Morgan fingerprint density at radius 1 is 1.24 bits per heavy atom. The van der Waals surface area contributed by atoms with E-state index in [1.165, 1.54) is 0 Å². The van der Waals surface area contributed by atoms with E-state index in [0.29, 0.717) is 5.02 Å². The number of rotatable bonds is 1. The first kappa shape index (κ1) is 16.3. The highest BCUT2D eigenvalue weighted by atomic mass is 35.5. The van der Waals surface area contributed by atoms with Crippen LogP contribution in [-0.2, 0) is 0 Å². The number of hydrogen-bond donors (Lipinski definition) is 0. The van der Waals surface area contributed by atoms with Crippen molar-refractivity contribution in [3.05, 3.63) is 50.1 Å². The molecule has 0 saturated carbocycles. The minimum Gasteiger partial charge on any atom is -0.367 e. The second kappa shape index (κ2) is 6.64. The van der Waals surface area contributed by atoms with E-state index in [9.17, 15) is 0 Å². The Labute approximate surface area is 155 Å². The van der Waals surface area contributed by atoms with Crippen LogP contribution in [0, 0.1) is 11.3 Å². The van der Waals surface area contributed by atoms with Crippen LogP contribution in [0.1, 0.15) is 5.56 Å². The minimum absolute atomic E-state index is 0.694. The number of likely N-dealkylation sites (N-methyl/N-ethyl adjacent to an activating group) is 1. The van der Waals surface area contributed by atoms with Crippen molar-refractivity contribution < 1.29 is 0 Å². The van der Waals surface area contributed by atoms with Gasteiger partial charge in [0, 0.05) is 58.8 Å². The summed E-state index contributed by atoms with van der Waals surface area (Å²) in [7, 11) is 2.14. The predicted molar refractivity (Wildman–Crippen MR) is 104 cm³/mol. The van der Waals surface area contributed by atoms with Crippen LogP contribution in [0.3, 0.4) is 0 Å². The molecule has 0 amide bonds. The van der Waals surface area contributed by atoms with Gasteiger partial charge in [-0.3, -0.25) is 0 Å². The summed E-state index contributed by atoms with van der Waals surface area (Å²) in [5, 5.41) is 15.8. The van der Waals surface area contributed by atoms with Gasteiger partial charge in [0.1, 0.15) is 0 Å². The molecule has 0 radical (unpaired) electrons. The number of piperazine rings is 1. The van der Waals surface area contributed by atoms with Crippen molar-refractivity contribution in [1.82, 2.24) is 4.90 Å². The van der Waals surface area contributed by atoms with Gasteiger partial charge in [0.15, 0.2) is 0 Å². The van der Waals surface area contributed by atoms with Crippen LogP contribution in [0.5, 0.6) is 0 Å². The van der Waals surface area contributed by atoms with Gasteiger partial charge in [-0.05, 0) is 30.8 Å². The molecule has 126 valence electrons. The highest BCUT2D eigenvalue weighted by Gasteiger charge is 2.19. The van der Waals surface area contributed by atoms with E-state index in [0.717, 1.165) is 59.3 Å². The number of benzene rings is 1. The molecule has 4 rings (SSSR count). The van der Waals surface area contributed by atoms with E-state index in [1.807, 2.05) is 29.0 Å². The first-order valence-corrected chi connectivity index (χ1v) is 9.47. The molecule has 6 heteroatoms. The van der Waals surface area contributed by atoms with Gasteiger partial charge in [-0.15, -0.1) is 11.3 Å². The Balaban J connectivity index is 1.96. The highest BCUT2D eigenvalue weighted by Crippen LogP contribution is 2.32. The van der Waals surface area contributed by atoms with E-state index in [1.54, 1.807) is 17.4 Å². The normalized spacial score (nSPS) is 18.6. The molecule has 1 saturated heterocycles. The first-order chi connectivity index (χ1) is 12.2. The van der Waals surface area contributed by atoms with Crippen molar-refractivity contribution in [3.63, 3.8) is 0 Å². The molecular weight excluding hydrogens is 352 g/mol. The molecule has 2 aliphatic rings. The maximum absolute atomic E-state index is 9.15. The van der Waals surface area contributed by atoms with Crippen LogP contribution >= 0.6 is 22.9 Å². The fourth-order valence-corrected chi connectivity index (χ4v) is 4.26. The molecule has 0 N–H and O–H groups in total. The van der Waals surface area contributed by atoms with Gasteiger partial charge in [-0.25, -0.2) is 4.99 Å². The number of fused-ring (bicyclic) bond motifs is 2. The number of allylic oxidation sites excluding steroid dienone is 2. The fourth-order valence-electron chi connectivity index (χ4n) is 3.27. The molecule has 1 aromatic heterocycles. The van der Waals surface area contributed by atoms with Gasteiger partial charge in [-0.2, -0.15) is 5.26 Å². The molecule has 3 heterocycles. The second-order valence-electron chi connectivity index (χ2n) is 6.31. The quantitative estimate of drug-likeness (QED) is 0.727. The molecule has 0 spiro atoms. The lowest BCUT2D eigenvalue weighted by molar-refractivity contribution is 0.312. The van der Waals surface area contributed by atoms with Gasteiger partial charge in [0.2, 0.25) is 0 Å². The minimum atomic E-state index is 0.694. The maximum Gasteiger partial charge on any atom is 0.0944 e. The largest absolute Gasteiger partial charge is 0.367 e. The molecule has 25 heavy (non-hydrogen) atoms. The SMILES string of the molecule is CN1CCN(c2cc(Cl)cc3c2=Nc2cscc2/C(=C\C#N)C=3)CC1. The van der Waals surface area contributed by atoms with E-state index in [-0.39, 0.29) is 0 Å². The smallest absolute Gasteiger partial charge is 0.0944 e. The summed E-state index contributed by atoms with van der Waals surface area (Å²) in [6.45, 7) is 3.95. The predicted octanol–water partition coefficient (Wildman–Crippen LogP) is 2.81. The van der Waals surface area contributed by atoms with Crippen LogP contribution in [-0.4, -0.2) is 38.1 Å². The zero-order valence-electron chi connectivity index (χ0n) is 13.9. The molecule has 2 aliphatic heterocycles. The Kier molecular flexibility index (Phi) is 4.34. The number of thiophene rings is 1. The summed E-state index contributed by atoms with van der Waals surface area (Å²) < 4.78 is 0. The van der Waals surface area contributed by atoms with Crippen LogP contribution in [0.4, 0.5) is 11.4 Å². The van der Waals surface area contributed by atoms with Crippen molar-refractivity contribution in [2.24, 2.45) is 4.99 Å². The van der Waals surface area contributed by atoms with Crippen molar-refractivity contribution in [2.75, 3.05) is 38.1 Å². The van der Waals surface area contributed by atoms with Crippen LogP contribution in [0.2, 0.25) is 5.02 Å². The highest BCUT2D eigenvalue weighted by molar-refractivity contribution is 7.08. The van der Waals surface area contributed by atoms with Crippen LogP contribution in [0.15, 0.2) is 34.0 Å². The summed E-state index contributed by atoms with van der Waals surface area (Å²) in [6, 6.07) is 6.08. The van der Waals surface area contributed by atoms with Crippen molar-refractivity contribution in [2.45, 2.75) is 0 Å². The monoisotopic (exact) mass is 368 g/mol. The molecule has 0 bridgehead atoms. The molecule has 4 nitrogen and oxygen atoms in total. The van der Waals surface area contributed by atoms with Gasteiger partial charge >= 0.3 is 0 Å². The Morgan fingerprint density at radius 2 is 2.04 bits per heavy atom. The number of hydrogen-bond acceptors (Lipinski definition) is 5. The second-order valence-corrected chi connectivity index (χ2v) is 7.49. The summed E-state index contributed by atoms with van der Waals surface area (Å²) in [6.07, 6.45) is 3.60. The number of halogens is 1. The molecule has 0 atom stereocenters. The molecule has 2 aromatic rings. The third-order valence-corrected chi connectivity index (χ3v) is 5.59. The van der Waals surface area contributed by atoms with Crippen LogP contribution < -0.4 is 15.5 Å². The van der Waals surface area contributed by atoms with Crippen molar-refractivity contribution in [1.29, 1.82) is 5.26 Å². The zero-order chi connectivity index (χ0) is 17.4. The Hall–Kier alpha value is -2.13. The lowest BCUT2D eigenvalue weighted by Crippen LogP contribution is -2.47. The average Bonchev–Trinajstić information content (AvgIpc) is 3.00. The molecule has 1 aromatic carbocycles. The maximum atomic E-state index is 9.15. The molecule has 0 unspecified atom stereocenters. The van der Waals surface area contributed by atoms with Crippen LogP contribution in [0.25, 0.3) is 11.6 Å². The average molecular weight is 369 g/mol. The zero-order valence-corrected chi connectivity index (χ0v) is 15.4. The van der Waals surface area contributed by atoms with Gasteiger partial charge in [0.05, 0.1) is 22.8 Å². The number of anilines is 1. The van der Waals surface area contributed by atoms with Gasteiger partial charge in [0.25, 0.3) is 0 Å². The first-order valence-electron chi connectivity index (χ1n) is 8.15. The Bertz CT molecular complexity index is 1010. The summed E-state index contributed by atoms with van der Waals surface area (Å²) in [5.74, 6) is 0. The van der Waals surface area contributed by atoms with Gasteiger partial charge < -0.3 is 9.80 Å². The molecule has 0 aliphatic carbocycles. The van der Waals surface area contributed by atoms with E-state index < -0.39 is 0 Å². The molecule has 1 fully saturated rings. The third kappa shape index (κ3) is 3.09. The third-order valence-electron chi connectivity index (χ3n) is 4.64. The summed E-state index contributed by atoms with van der Waals surface area (Å²) in [5.41, 5.74) is 3.87. The standard InChI is InChI=1S/C19H17ClN4S/c1-23-4-6-24(7-5-23)18-10-15(20)9-14-8-13(2-3-21)16-11-25-12-17(16)22-19(14)18/h2,8-12H,4-7H2,1H3/b13-2-. The topological polar surface area (TPSA) is 42.6 Å². The Morgan fingerprint density at radius 3 is 2.80 bits per heavy atom. The van der Waals surface area contributed by atoms with E-state index in [2.05, 4.69) is 22.9 Å². The van der Waals surface area contributed by atoms with E-state index >= 15 is 0 Å². The van der Waals surface area contributed by atoms with Crippen molar-refractivity contribution >= 4 is 46.0 Å². The fraction of sp³-hybridized carbons (Fsp3) is 0.263. The van der Waals surface area contributed by atoms with E-state index in [4.69, 9.17) is 21.9 Å². The van der Waals surface area contributed by atoms with Gasteiger partial charge in [-0.1, -0.05) is 11.6 Å². The molecular formula is C19H17ClN4S. The number of nitriles is 1.